The van der Waals surface area contributed by atoms with Gasteiger partial charge in [-0.05, 0) is 39.3 Å². The normalized spacial score (nSPS) is 29.5. The van der Waals surface area contributed by atoms with Crippen molar-refractivity contribution in [2.75, 3.05) is 20.1 Å². The van der Waals surface area contributed by atoms with Gasteiger partial charge in [-0.25, -0.2) is 0 Å². The van der Waals surface area contributed by atoms with Crippen LogP contribution in [0.15, 0.2) is 0 Å². The molecule has 1 fully saturated rings. The highest BCUT2D eigenvalue weighted by molar-refractivity contribution is 4.91. The fourth-order valence-corrected chi connectivity index (χ4v) is 2.13. The van der Waals surface area contributed by atoms with Gasteiger partial charge in [-0.3, -0.25) is 4.90 Å². The Labute approximate surface area is 82.7 Å². The van der Waals surface area contributed by atoms with Crippen molar-refractivity contribution in [3.8, 4) is 0 Å². The van der Waals surface area contributed by atoms with Gasteiger partial charge >= 0.3 is 0 Å². The highest BCUT2D eigenvalue weighted by atomic mass is 15.2. The lowest BCUT2D eigenvalue weighted by Crippen LogP contribution is -2.55. The molecule has 0 aromatic rings. The lowest BCUT2D eigenvalue weighted by molar-refractivity contribution is 0.0698. The first-order valence-electron chi connectivity index (χ1n) is 5.38. The molecule has 1 unspecified atom stereocenters. The van der Waals surface area contributed by atoms with Gasteiger partial charge in [-0.2, -0.15) is 0 Å². The molecule has 1 N–H and O–H groups in total. The number of likely N-dealkylation sites (N-methyl/N-ethyl adjacent to an activating group) is 1. The first-order valence-corrected chi connectivity index (χ1v) is 5.38. The van der Waals surface area contributed by atoms with Gasteiger partial charge < -0.3 is 5.32 Å². The second-order valence-electron chi connectivity index (χ2n) is 5.17. The first kappa shape index (κ1) is 11.0. The summed E-state index contributed by atoms with van der Waals surface area (Å²) in [6.07, 6.45) is 1.30. The van der Waals surface area contributed by atoms with E-state index in [2.05, 4.69) is 45.0 Å². The van der Waals surface area contributed by atoms with Crippen molar-refractivity contribution in [3.63, 3.8) is 0 Å². The first-order chi connectivity index (χ1) is 5.97. The molecular formula is C11H24N2. The molecule has 0 radical (unpaired) electrons. The Balaban J connectivity index is 2.58. The van der Waals surface area contributed by atoms with Crippen molar-refractivity contribution in [2.45, 2.75) is 46.2 Å². The SMILES string of the molecule is CNC1CN(C(C)C)CCC1(C)C. The van der Waals surface area contributed by atoms with E-state index in [-0.39, 0.29) is 0 Å². The topological polar surface area (TPSA) is 15.3 Å². The third kappa shape index (κ3) is 2.44. The second-order valence-corrected chi connectivity index (χ2v) is 5.17. The predicted octanol–water partition coefficient (Wildman–Crippen LogP) is 1.71. The zero-order chi connectivity index (χ0) is 10.1. The summed E-state index contributed by atoms with van der Waals surface area (Å²) in [5, 5.41) is 3.44. The van der Waals surface area contributed by atoms with Crippen LogP contribution in [-0.2, 0) is 0 Å². The van der Waals surface area contributed by atoms with E-state index in [0.29, 0.717) is 17.5 Å². The number of nitrogens with one attached hydrogen (secondary N) is 1. The molecule has 0 saturated carbocycles. The second kappa shape index (κ2) is 3.97. The van der Waals surface area contributed by atoms with Gasteiger partial charge in [0.05, 0.1) is 0 Å². The molecule has 1 aliphatic heterocycles. The number of nitrogens with zero attached hydrogens (tertiary/aromatic N) is 1. The summed E-state index contributed by atoms with van der Waals surface area (Å²) in [5.74, 6) is 0. The molecule has 78 valence electrons. The molecule has 1 atom stereocenters. The van der Waals surface area contributed by atoms with Crippen LogP contribution in [0.4, 0.5) is 0 Å². The van der Waals surface area contributed by atoms with Crippen LogP contribution in [0, 0.1) is 5.41 Å². The van der Waals surface area contributed by atoms with Crippen molar-refractivity contribution in [1.29, 1.82) is 0 Å². The lowest BCUT2D eigenvalue weighted by Gasteiger charge is -2.45. The average Bonchev–Trinajstić information content (AvgIpc) is 2.03. The number of hydrogen-bond acceptors (Lipinski definition) is 2. The van der Waals surface area contributed by atoms with Gasteiger partial charge in [0.2, 0.25) is 0 Å². The molecular weight excluding hydrogens is 160 g/mol. The summed E-state index contributed by atoms with van der Waals surface area (Å²) < 4.78 is 0. The zero-order valence-corrected chi connectivity index (χ0v) is 9.72. The molecule has 13 heavy (non-hydrogen) atoms. The van der Waals surface area contributed by atoms with E-state index < -0.39 is 0 Å². The van der Waals surface area contributed by atoms with Crippen LogP contribution < -0.4 is 5.32 Å². The minimum Gasteiger partial charge on any atom is -0.315 e. The van der Waals surface area contributed by atoms with Crippen molar-refractivity contribution >= 4 is 0 Å². The third-order valence-electron chi connectivity index (χ3n) is 3.48. The molecule has 2 heteroatoms. The number of rotatable bonds is 2. The Morgan fingerprint density at radius 2 is 2.00 bits per heavy atom. The Kier molecular flexibility index (Phi) is 3.36. The molecule has 0 bridgehead atoms. The fraction of sp³-hybridized carbons (Fsp3) is 1.00. The van der Waals surface area contributed by atoms with Gasteiger partial charge in [-0.1, -0.05) is 13.8 Å². The van der Waals surface area contributed by atoms with E-state index in [1.807, 2.05) is 0 Å². The maximum atomic E-state index is 3.44. The van der Waals surface area contributed by atoms with Crippen LogP contribution >= 0.6 is 0 Å². The van der Waals surface area contributed by atoms with E-state index in [0.717, 1.165) is 0 Å². The van der Waals surface area contributed by atoms with Crippen molar-refractivity contribution in [3.05, 3.63) is 0 Å². The highest BCUT2D eigenvalue weighted by Gasteiger charge is 2.34. The maximum absolute atomic E-state index is 3.44. The molecule has 0 aromatic carbocycles. The van der Waals surface area contributed by atoms with Crippen molar-refractivity contribution in [2.24, 2.45) is 5.41 Å². The number of likely N-dealkylation sites (tertiary alicyclic amines) is 1. The Hall–Kier alpha value is -0.0800. The predicted molar refractivity (Wildman–Crippen MR) is 58.0 cm³/mol. The summed E-state index contributed by atoms with van der Waals surface area (Å²) in [4.78, 5) is 2.56. The summed E-state index contributed by atoms with van der Waals surface area (Å²) in [5.41, 5.74) is 0.458. The largest absolute Gasteiger partial charge is 0.315 e. The maximum Gasteiger partial charge on any atom is 0.0243 e. The third-order valence-corrected chi connectivity index (χ3v) is 3.48. The number of hydrogen-bond donors (Lipinski definition) is 1. The Bertz CT molecular complexity index is 163. The molecule has 1 heterocycles. The Morgan fingerprint density at radius 3 is 2.46 bits per heavy atom. The van der Waals surface area contributed by atoms with E-state index in [1.165, 1.54) is 19.5 Å². The molecule has 0 aromatic heterocycles. The highest BCUT2D eigenvalue weighted by Crippen LogP contribution is 2.30. The lowest BCUT2D eigenvalue weighted by atomic mass is 9.78. The Morgan fingerprint density at radius 1 is 1.38 bits per heavy atom. The molecule has 2 nitrogen and oxygen atoms in total. The molecule has 1 rings (SSSR count). The van der Waals surface area contributed by atoms with Crippen LogP contribution in [0.3, 0.4) is 0 Å². The molecule has 0 aliphatic carbocycles. The number of piperidine rings is 1. The monoisotopic (exact) mass is 184 g/mol. The molecule has 0 amide bonds. The van der Waals surface area contributed by atoms with Crippen molar-refractivity contribution < 1.29 is 0 Å². The quantitative estimate of drug-likeness (QED) is 0.703. The van der Waals surface area contributed by atoms with E-state index >= 15 is 0 Å². The summed E-state index contributed by atoms with van der Waals surface area (Å²) in [6.45, 7) is 11.7. The van der Waals surface area contributed by atoms with Crippen molar-refractivity contribution in [1.82, 2.24) is 10.2 Å². The van der Waals surface area contributed by atoms with Crippen LogP contribution in [-0.4, -0.2) is 37.1 Å². The summed E-state index contributed by atoms with van der Waals surface area (Å²) >= 11 is 0. The summed E-state index contributed by atoms with van der Waals surface area (Å²) in [7, 11) is 2.08. The van der Waals surface area contributed by atoms with Crippen LogP contribution in [0.25, 0.3) is 0 Å². The van der Waals surface area contributed by atoms with Gasteiger partial charge in [-0.15, -0.1) is 0 Å². The van der Waals surface area contributed by atoms with E-state index in [9.17, 15) is 0 Å². The molecule has 1 aliphatic rings. The van der Waals surface area contributed by atoms with E-state index in [1.54, 1.807) is 0 Å². The minimum absolute atomic E-state index is 0.458. The van der Waals surface area contributed by atoms with Gasteiger partial charge in [0.15, 0.2) is 0 Å². The van der Waals surface area contributed by atoms with Crippen LogP contribution in [0.1, 0.15) is 34.1 Å². The molecule has 0 spiro atoms. The van der Waals surface area contributed by atoms with Crippen LogP contribution in [0.2, 0.25) is 0 Å². The zero-order valence-electron chi connectivity index (χ0n) is 9.72. The standard InChI is InChI=1S/C11H24N2/c1-9(2)13-7-6-11(3,4)10(8-13)12-5/h9-10,12H,6-8H2,1-5H3. The van der Waals surface area contributed by atoms with E-state index in [4.69, 9.17) is 0 Å². The smallest absolute Gasteiger partial charge is 0.0243 e. The fourth-order valence-electron chi connectivity index (χ4n) is 2.13. The van der Waals surface area contributed by atoms with Gasteiger partial charge in [0.25, 0.3) is 0 Å². The van der Waals surface area contributed by atoms with Crippen LogP contribution in [0.5, 0.6) is 0 Å². The van der Waals surface area contributed by atoms with Gasteiger partial charge in [0.1, 0.15) is 0 Å². The average molecular weight is 184 g/mol. The molecule has 1 saturated heterocycles. The van der Waals surface area contributed by atoms with Gasteiger partial charge in [0, 0.05) is 18.6 Å². The minimum atomic E-state index is 0.458. The summed E-state index contributed by atoms with van der Waals surface area (Å²) in [6, 6.07) is 1.33.